The first-order valence-corrected chi connectivity index (χ1v) is 7.92. The van der Waals surface area contributed by atoms with Gasteiger partial charge in [-0.05, 0) is 47.7 Å². The van der Waals surface area contributed by atoms with E-state index in [0.717, 1.165) is 31.9 Å². The van der Waals surface area contributed by atoms with Crippen molar-refractivity contribution in [2.75, 3.05) is 31.6 Å². The fourth-order valence-corrected chi connectivity index (χ4v) is 2.63. The number of piperazine rings is 1. The van der Waals surface area contributed by atoms with Gasteiger partial charge in [0.25, 0.3) is 0 Å². The molecular weight excluding hydrogens is 260 g/mol. The summed E-state index contributed by atoms with van der Waals surface area (Å²) in [6, 6.07) is 2.83. The highest BCUT2D eigenvalue weighted by Gasteiger charge is 2.23. The van der Waals surface area contributed by atoms with E-state index in [-0.39, 0.29) is 5.54 Å². The number of nitrogens with zero attached hydrogens (tertiary/aromatic N) is 3. The number of nitrogens with one attached hydrogen (secondary N) is 1. The third kappa shape index (κ3) is 4.42. The van der Waals surface area contributed by atoms with E-state index in [4.69, 9.17) is 0 Å². The van der Waals surface area contributed by atoms with E-state index in [1.54, 1.807) is 0 Å². The zero-order valence-corrected chi connectivity index (χ0v) is 14.4. The molecule has 0 amide bonds. The lowest BCUT2D eigenvalue weighted by Crippen LogP contribution is -2.50. The molecule has 1 fully saturated rings. The van der Waals surface area contributed by atoms with Crippen molar-refractivity contribution < 1.29 is 0 Å². The van der Waals surface area contributed by atoms with Crippen molar-refractivity contribution in [1.82, 2.24) is 15.2 Å². The summed E-state index contributed by atoms with van der Waals surface area (Å²) in [5.74, 6) is 0. The molecule has 4 nitrogen and oxygen atoms in total. The fraction of sp³-hybridized carbons (Fsp3) is 0.706. The van der Waals surface area contributed by atoms with E-state index in [9.17, 15) is 0 Å². The molecule has 1 unspecified atom stereocenters. The van der Waals surface area contributed by atoms with Crippen LogP contribution >= 0.6 is 0 Å². The van der Waals surface area contributed by atoms with E-state index in [1.807, 2.05) is 6.20 Å². The summed E-state index contributed by atoms with van der Waals surface area (Å²) in [6.07, 6.45) is 2.03. The van der Waals surface area contributed by atoms with Crippen molar-refractivity contribution in [2.24, 2.45) is 0 Å². The number of hydrogen-bond donors (Lipinski definition) is 1. The highest BCUT2D eigenvalue weighted by atomic mass is 15.3. The van der Waals surface area contributed by atoms with Crippen molar-refractivity contribution in [3.8, 4) is 0 Å². The Morgan fingerprint density at radius 3 is 2.67 bits per heavy atom. The minimum atomic E-state index is 0.123. The Labute approximate surface area is 129 Å². The Morgan fingerprint density at radius 2 is 2.05 bits per heavy atom. The summed E-state index contributed by atoms with van der Waals surface area (Å²) in [6.45, 7) is 15.1. The SMILES string of the molecule is Cc1cc(N2CCN(C)C(C)C2)c(CNC(C)(C)C)cn1. The van der Waals surface area contributed by atoms with Crippen LogP contribution in [0.15, 0.2) is 12.3 Å². The maximum absolute atomic E-state index is 4.49. The Kier molecular flexibility index (Phi) is 4.89. The van der Waals surface area contributed by atoms with Crippen LogP contribution in [0.5, 0.6) is 0 Å². The number of hydrogen-bond acceptors (Lipinski definition) is 4. The lowest BCUT2D eigenvalue weighted by Gasteiger charge is -2.40. The van der Waals surface area contributed by atoms with E-state index in [0.29, 0.717) is 6.04 Å². The van der Waals surface area contributed by atoms with Crippen molar-refractivity contribution in [2.45, 2.75) is 52.7 Å². The van der Waals surface area contributed by atoms with Gasteiger partial charge in [-0.2, -0.15) is 0 Å². The number of aryl methyl sites for hydroxylation is 1. The van der Waals surface area contributed by atoms with Gasteiger partial charge in [0.05, 0.1) is 0 Å². The van der Waals surface area contributed by atoms with Gasteiger partial charge in [0.15, 0.2) is 0 Å². The Balaban J connectivity index is 2.19. The second kappa shape index (κ2) is 6.32. The average molecular weight is 290 g/mol. The van der Waals surface area contributed by atoms with Gasteiger partial charge < -0.3 is 15.1 Å². The van der Waals surface area contributed by atoms with Crippen LogP contribution in [-0.2, 0) is 6.54 Å². The molecule has 4 heteroatoms. The van der Waals surface area contributed by atoms with Gasteiger partial charge in [0.2, 0.25) is 0 Å². The molecule has 1 aromatic heterocycles. The quantitative estimate of drug-likeness (QED) is 0.926. The smallest absolute Gasteiger partial charge is 0.0446 e. The van der Waals surface area contributed by atoms with Gasteiger partial charge in [-0.3, -0.25) is 4.98 Å². The molecule has 118 valence electrons. The zero-order valence-electron chi connectivity index (χ0n) is 14.4. The number of likely N-dealkylation sites (N-methyl/N-ethyl adjacent to an activating group) is 1. The molecule has 0 saturated carbocycles. The van der Waals surface area contributed by atoms with Gasteiger partial charge in [0, 0.05) is 60.9 Å². The van der Waals surface area contributed by atoms with Gasteiger partial charge in [-0.15, -0.1) is 0 Å². The third-order valence-electron chi connectivity index (χ3n) is 4.21. The molecule has 2 rings (SSSR count). The van der Waals surface area contributed by atoms with Crippen LogP contribution in [-0.4, -0.2) is 48.1 Å². The maximum Gasteiger partial charge on any atom is 0.0446 e. The number of anilines is 1. The topological polar surface area (TPSA) is 31.4 Å². The van der Waals surface area contributed by atoms with Crippen LogP contribution in [0.3, 0.4) is 0 Å². The number of pyridine rings is 1. The summed E-state index contributed by atoms with van der Waals surface area (Å²) in [7, 11) is 2.21. The van der Waals surface area contributed by atoms with Gasteiger partial charge >= 0.3 is 0 Å². The largest absolute Gasteiger partial charge is 0.368 e. The molecule has 0 spiro atoms. The first-order chi connectivity index (χ1) is 9.76. The third-order valence-corrected chi connectivity index (χ3v) is 4.21. The lowest BCUT2D eigenvalue weighted by atomic mass is 10.1. The summed E-state index contributed by atoms with van der Waals surface area (Å²) < 4.78 is 0. The summed E-state index contributed by atoms with van der Waals surface area (Å²) >= 11 is 0. The summed E-state index contributed by atoms with van der Waals surface area (Å²) in [5, 5.41) is 3.58. The highest BCUT2D eigenvalue weighted by Crippen LogP contribution is 2.24. The molecule has 1 aliphatic rings. The van der Waals surface area contributed by atoms with Crippen LogP contribution in [0.4, 0.5) is 5.69 Å². The van der Waals surface area contributed by atoms with Crippen LogP contribution in [0.1, 0.15) is 39.0 Å². The van der Waals surface area contributed by atoms with Crippen molar-refractivity contribution in [3.63, 3.8) is 0 Å². The van der Waals surface area contributed by atoms with Crippen molar-refractivity contribution in [3.05, 3.63) is 23.5 Å². The van der Waals surface area contributed by atoms with Crippen LogP contribution < -0.4 is 10.2 Å². The monoisotopic (exact) mass is 290 g/mol. The van der Waals surface area contributed by atoms with E-state index < -0.39 is 0 Å². The molecule has 1 aromatic rings. The number of rotatable bonds is 3. The maximum atomic E-state index is 4.49. The Morgan fingerprint density at radius 1 is 1.33 bits per heavy atom. The molecule has 0 radical (unpaired) electrons. The lowest BCUT2D eigenvalue weighted by molar-refractivity contribution is 0.234. The first-order valence-electron chi connectivity index (χ1n) is 7.92. The molecule has 2 heterocycles. The van der Waals surface area contributed by atoms with Crippen LogP contribution in [0, 0.1) is 6.92 Å². The zero-order chi connectivity index (χ0) is 15.6. The molecular formula is C17H30N4. The second-order valence-corrected chi connectivity index (χ2v) is 7.33. The Hall–Kier alpha value is -1.13. The molecule has 0 aromatic carbocycles. The van der Waals surface area contributed by atoms with Crippen molar-refractivity contribution >= 4 is 5.69 Å². The Bertz CT molecular complexity index is 478. The van der Waals surface area contributed by atoms with E-state index in [2.05, 4.69) is 67.8 Å². The van der Waals surface area contributed by atoms with Gasteiger partial charge in [-0.25, -0.2) is 0 Å². The van der Waals surface area contributed by atoms with Gasteiger partial charge in [-0.1, -0.05) is 0 Å². The molecule has 1 N–H and O–H groups in total. The number of aromatic nitrogens is 1. The van der Waals surface area contributed by atoms with Gasteiger partial charge in [0.1, 0.15) is 0 Å². The molecule has 0 aliphatic carbocycles. The molecule has 0 bridgehead atoms. The van der Waals surface area contributed by atoms with Crippen molar-refractivity contribution in [1.29, 1.82) is 0 Å². The highest BCUT2D eigenvalue weighted by molar-refractivity contribution is 5.54. The minimum absolute atomic E-state index is 0.123. The second-order valence-electron chi connectivity index (χ2n) is 7.33. The predicted molar refractivity (Wildman–Crippen MR) is 89.9 cm³/mol. The van der Waals surface area contributed by atoms with E-state index >= 15 is 0 Å². The van der Waals surface area contributed by atoms with Crippen LogP contribution in [0.25, 0.3) is 0 Å². The standard InChI is InChI=1S/C17H30N4/c1-13-9-16(21-8-7-20(6)14(2)12-21)15(10-18-13)11-19-17(3,4)5/h9-10,14,19H,7-8,11-12H2,1-6H3. The summed E-state index contributed by atoms with van der Waals surface area (Å²) in [5.41, 5.74) is 3.86. The average Bonchev–Trinajstić information content (AvgIpc) is 2.39. The molecule has 1 atom stereocenters. The summed E-state index contributed by atoms with van der Waals surface area (Å²) in [4.78, 5) is 9.43. The van der Waals surface area contributed by atoms with E-state index in [1.165, 1.54) is 11.3 Å². The predicted octanol–water partition coefficient (Wildman–Crippen LogP) is 2.42. The fourth-order valence-electron chi connectivity index (χ4n) is 2.63. The molecule has 21 heavy (non-hydrogen) atoms. The molecule has 1 saturated heterocycles. The van der Waals surface area contributed by atoms with Crippen LogP contribution in [0.2, 0.25) is 0 Å². The first kappa shape index (κ1) is 16.2. The minimum Gasteiger partial charge on any atom is -0.368 e. The normalized spacial score (nSPS) is 20.9. The molecule has 1 aliphatic heterocycles.